The predicted octanol–water partition coefficient (Wildman–Crippen LogP) is 4.68. The summed E-state index contributed by atoms with van der Waals surface area (Å²) in [6.45, 7) is 1.62. The van der Waals surface area contributed by atoms with Crippen LogP contribution in [0.3, 0.4) is 0 Å². The molecule has 1 heterocycles. The molecule has 0 aliphatic rings. The van der Waals surface area contributed by atoms with E-state index in [2.05, 4.69) is 29.2 Å². The molecule has 0 saturated carbocycles. The van der Waals surface area contributed by atoms with Gasteiger partial charge in [0.2, 0.25) is 0 Å². The topological polar surface area (TPSA) is 32.9 Å². The quantitative estimate of drug-likeness (QED) is 0.495. The van der Waals surface area contributed by atoms with Crippen LogP contribution in [0.2, 0.25) is 0 Å². The molecule has 1 aromatic heterocycles. The highest BCUT2D eigenvalue weighted by Gasteiger charge is 2.12. The van der Waals surface area contributed by atoms with Gasteiger partial charge in [-0.1, -0.05) is 48.5 Å². The first-order chi connectivity index (χ1) is 9.75. The Morgan fingerprint density at radius 1 is 0.900 bits per heavy atom. The van der Waals surface area contributed by atoms with E-state index in [9.17, 15) is 4.79 Å². The molecule has 0 radical (unpaired) electrons. The highest BCUT2D eigenvalue weighted by Crippen LogP contribution is 2.32. The van der Waals surface area contributed by atoms with Crippen LogP contribution in [0.4, 0.5) is 0 Å². The molecule has 4 rings (SSSR count). The van der Waals surface area contributed by atoms with E-state index < -0.39 is 0 Å². The molecule has 0 fully saturated rings. The van der Waals surface area contributed by atoms with Crippen molar-refractivity contribution in [3.8, 4) is 0 Å². The zero-order valence-corrected chi connectivity index (χ0v) is 11.1. The number of rotatable bonds is 1. The molecule has 3 aromatic carbocycles. The molecule has 0 atom stereocenters. The maximum absolute atomic E-state index is 11.9. The SMILES string of the molecule is CC(=O)c1cccc2ccc3c4ccccc4[nH]c3c12. The number of para-hydroxylation sites is 1. The normalized spacial score (nSPS) is 11.4. The molecule has 20 heavy (non-hydrogen) atoms. The Morgan fingerprint density at radius 2 is 1.75 bits per heavy atom. The third-order valence-corrected chi connectivity index (χ3v) is 3.90. The van der Waals surface area contributed by atoms with Crippen molar-refractivity contribution in [2.24, 2.45) is 0 Å². The number of hydrogen-bond acceptors (Lipinski definition) is 1. The number of fused-ring (bicyclic) bond motifs is 5. The lowest BCUT2D eigenvalue weighted by Crippen LogP contribution is -1.93. The van der Waals surface area contributed by atoms with E-state index in [1.807, 2.05) is 30.3 Å². The average molecular weight is 259 g/mol. The summed E-state index contributed by atoms with van der Waals surface area (Å²) in [5, 5.41) is 4.48. The van der Waals surface area contributed by atoms with Crippen LogP contribution in [0.1, 0.15) is 17.3 Å². The minimum atomic E-state index is 0.0988. The smallest absolute Gasteiger partial charge is 0.160 e. The summed E-state index contributed by atoms with van der Waals surface area (Å²) in [6.07, 6.45) is 0. The number of aromatic amines is 1. The van der Waals surface area contributed by atoms with Crippen molar-refractivity contribution in [2.45, 2.75) is 6.92 Å². The number of ketones is 1. The van der Waals surface area contributed by atoms with Crippen molar-refractivity contribution in [1.82, 2.24) is 4.98 Å². The minimum absolute atomic E-state index is 0.0988. The van der Waals surface area contributed by atoms with Gasteiger partial charge in [0.25, 0.3) is 0 Å². The number of carbonyl (C=O) groups excluding carboxylic acids is 1. The molecule has 0 aliphatic carbocycles. The van der Waals surface area contributed by atoms with Gasteiger partial charge in [-0.3, -0.25) is 4.79 Å². The van der Waals surface area contributed by atoms with Crippen LogP contribution in [0, 0.1) is 0 Å². The van der Waals surface area contributed by atoms with E-state index in [0.29, 0.717) is 0 Å². The molecule has 0 saturated heterocycles. The molecule has 1 N–H and O–H groups in total. The summed E-state index contributed by atoms with van der Waals surface area (Å²) in [5.41, 5.74) is 2.93. The molecule has 2 heteroatoms. The van der Waals surface area contributed by atoms with Gasteiger partial charge in [0.1, 0.15) is 0 Å². The van der Waals surface area contributed by atoms with E-state index in [0.717, 1.165) is 27.4 Å². The predicted molar refractivity (Wildman–Crippen MR) is 83.3 cm³/mol. The van der Waals surface area contributed by atoms with E-state index >= 15 is 0 Å². The minimum Gasteiger partial charge on any atom is -0.354 e. The largest absolute Gasteiger partial charge is 0.354 e. The summed E-state index contributed by atoms with van der Waals surface area (Å²) < 4.78 is 0. The number of carbonyl (C=O) groups is 1. The Kier molecular flexibility index (Phi) is 2.21. The fraction of sp³-hybridized carbons (Fsp3) is 0.0556. The number of aromatic nitrogens is 1. The third-order valence-electron chi connectivity index (χ3n) is 3.90. The van der Waals surface area contributed by atoms with Crippen molar-refractivity contribution >= 4 is 38.4 Å². The Bertz CT molecular complexity index is 979. The van der Waals surface area contributed by atoms with Gasteiger partial charge in [0.05, 0.1) is 5.52 Å². The molecule has 0 amide bonds. The summed E-state index contributed by atoms with van der Waals surface area (Å²) >= 11 is 0. The van der Waals surface area contributed by atoms with Crippen molar-refractivity contribution < 1.29 is 4.79 Å². The number of H-pyrrole nitrogens is 1. The van der Waals surface area contributed by atoms with Crippen molar-refractivity contribution in [1.29, 1.82) is 0 Å². The van der Waals surface area contributed by atoms with Crippen LogP contribution in [-0.4, -0.2) is 10.8 Å². The lowest BCUT2D eigenvalue weighted by atomic mass is 9.99. The second-order valence-corrected chi connectivity index (χ2v) is 5.12. The second-order valence-electron chi connectivity index (χ2n) is 5.12. The fourth-order valence-electron chi connectivity index (χ4n) is 2.99. The van der Waals surface area contributed by atoms with Crippen LogP contribution in [0.15, 0.2) is 54.6 Å². The van der Waals surface area contributed by atoms with Gasteiger partial charge in [-0.05, 0) is 18.4 Å². The maximum atomic E-state index is 11.9. The van der Waals surface area contributed by atoms with Gasteiger partial charge in [-0.25, -0.2) is 0 Å². The average Bonchev–Trinajstić information content (AvgIpc) is 2.85. The van der Waals surface area contributed by atoms with Crippen molar-refractivity contribution in [2.75, 3.05) is 0 Å². The second kappa shape index (κ2) is 3.94. The van der Waals surface area contributed by atoms with Crippen LogP contribution >= 0.6 is 0 Å². The summed E-state index contributed by atoms with van der Waals surface area (Å²) in [7, 11) is 0. The lowest BCUT2D eigenvalue weighted by molar-refractivity contribution is 0.101. The van der Waals surface area contributed by atoms with Gasteiger partial charge in [-0.15, -0.1) is 0 Å². The molecule has 0 bridgehead atoms. The molecule has 0 unspecified atom stereocenters. The summed E-state index contributed by atoms with van der Waals surface area (Å²) in [4.78, 5) is 15.4. The molecule has 0 aliphatic heterocycles. The third kappa shape index (κ3) is 1.42. The van der Waals surface area contributed by atoms with Crippen LogP contribution in [0.5, 0.6) is 0 Å². The summed E-state index contributed by atoms with van der Waals surface area (Å²) in [6, 6.07) is 18.3. The Labute approximate surface area is 116 Å². The number of benzene rings is 3. The fourth-order valence-corrected chi connectivity index (χ4v) is 2.99. The molecule has 96 valence electrons. The van der Waals surface area contributed by atoms with E-state index in [-0.39, 0.29) is 5.78 Å². The summed E-state index contributed by atoms with van der Waals surface area (Å²) in [5.74, 6) is 0.0988. The van der Waals surface area contributed by atoms with Gasteiger partial charge in [0, 0.05) is 27.2 Å². The first-order valence-electron chi connectivity index (χ1n) is 6.69. The number of nitrogens with one attached hydrogen (secondary N) is 1. The van der Waals surface area contributed by atoms with Gasteiger partial charge in [0.15, 0.2) is 5.78 Å². The van der Waals surface area contributed by atoms with Crippen LogP contribution in [-0.2, 0) is 0 Å². The van der Waals surface area contributed by atoms with Gasteiger partial charge >= 0.3 is 0 Å². The maximum Gasteiger partial charge on any atom is 0.160 e. The molecular weight excluding hydrogens is 246 g/mol. The van der Waals surface area contributed by atoms with Gasteiger partial charge < -0.3 is 4.98 Å². The first kappa shape index (κ1) is 11.2. The monoisotopic (exact) mass is 259 g/mol. The molecule has 4 aromatic rings. The molecular formula is C18H13NO. The van der Waals surface area contributed by atoms with E-state index in [1.165, 1.54) is 10.8 Å². The zero-order valence-electron chi connectivity index (χ0n) is 11.1. The lowest BCUT2D eigenvalue weighted by Gasteiger charge is -2.04. The van der Waals surface area contributed by atoms with Crippen molar-refractivity contribution in [3.63, 3.8) is 0 Å². The highest BCUT2D eigenvalue weighted by molar-refractivity contribution is 6.22. The number of hydrogen-bond donors (Lipinski definition) is 1. The Hall–Kier alpha value is -2.61. The standard InChI is InChI=1S/C18H13NO/c1-11(20)13-7-4-5-12-9-10-15-14-6-2-3-8-16(14)19-18(15)17(12)13/h2-10,19H,1H3. The molecule has 0 spiro atoms. The van der Waals surface area contributed by atoms with E-state index in [1.54, 1.807) is 6.92 Å². The Balaban J connectivity index is 2.31. The molecule has 2 nitrogen and oxygen atoms in total. The number of Topliss-reactive ketones (excluding diaryl/α,β-unsaturated/α-hetero) is 1. The van der Waals surface area contributed by atoms with Gasteiger partial charge in [-0.2, -0.15) is 0 Å². The van der Waals surface area contributed by atoms with Crippen molar-refractivity contribution in [3.05, 3.63) is 60.2 Å². The zero-order chi connectivity index (χ0) is 13.7. The van der Waals surface area contributed by atoms with E-state index in [4.69, 9.17) is 0 Å². The first-order valence-corrected chi connectivity index (χ1v) is 6.69. The highest BCUT2D eigenvalue weighted by atomic mass is 16.1. The van der Waals surface area contributed by atoms with Crippen LogP contribution < -0.4 is 0 Å². The van der Waals surface area contributed by atoms with Crippen LogP contribution in [0.25, 0.3) is 32.6 Å². The Morgan fingerprint density at radius 3 is 2.60 bits per heavy atom.